The summed E-state index contributed by atoms with van der Waals surface area (Å²) in [6.45, 7) is 2.50. The minimum Gasteiger partial charge on any atom is -0.508 e. The van der Waals surface area contributed by atoms with Crippen LogP contribution in [0.25, 0.3) is 22.3 Å². The molecule has 8 heteroatoms. The zero-order valence-electron chi connectivity index (χ0n) is 18.6. The molecular formula is C25H25N3O5. The predicted molar refractivity (Wildman–Crippen MR) is 121 cm³/mol. The van der Waals surface area contributed by atoms with Gasteiger partial charge in [0.25, 0.3) is 5.56 Å². The maximum absolute atomic E-state index is 13.3. The molecule has 1 fully saturated rings. The normalized spacial score (nSPS) is 21.2. The predicted octanol–water partition coefficient (Wildman–Crippen LogP) is 2.38. The fraction of sp³-hybridized carbons (Fsp3) is 0.400. The highest BCUT2D eigenvalue weighted by molar-refractivity contribution is 5.89. The Kier molecular flexibility index (Phi) is 4.25. The van der Waals surface area contributed by atoms with Crippen molar-refractivity contribution in [2.75, 3.05) is 7.05 Å². The topological polar surface area (TPSA) is 105 Å². The lowest BCUT2D eigenvalue weighted by atomic mass is 9.86. The van der Waals surface area contributed by atoms with E-state index < -0.39 is 11.6 Å². The number of nitrogens with zero attached hydrogens (tertiary/aromatic N) is 3. The van der Waals surface area contributed by atoms with E-state index in [0.29, 0.717) is 41.6 Å². The van der Waals surface area contributed by atoms with Gasteiger partial charge >= 0.3 is 5.97 Å². The number of benzene rings is 1. The summed E-state index contributed by atoms with van der Waals surface area (Å²) in [5.74, 6) is -0.491. The van der Waals surface area contributed by atoms with E-state index in [2.05, 4.69) is 11.9 Å². The maximum atomic E-state index is 13.3. The molecular weight excluding hydrogens is 422 g/mol. The molecule has 8 nitrogen and oxygen atoms in total. The summed E-state index contributed by atoms with van der Waals surface area (Å²) in [7, 11) is 2.06. The van der Waals surface area contributed by atoms with Crippen LogP contribution in [0.3, 0.4) is 0 Å². The van der Waals surface area contributed by atoms with E-state index >= 15 is 0 Å². The minimum atomic E-state index is -1.84. The van der Waals surface area contributed by atoms with Crippen LogP contribution in [-0.2, 0) is 34.8 Å². The molecule has 0 saturated heterocycles. The molecule has 1 saturated carbocycles. The van der Waals surface area contributed by atoms with Gasteiger partial charge in [0.05, 0.1) is 29.0 Å². The Bertz CT molecular complexity index is 1410. The number of phenols is 1. The zero-order valence-corrected chi connectivity index (χ0v) is 18.6. The second-order valence-electron chi connectivity index (χ2n) is 9.38. The van der Waals surface area contributed by atoms with E-state index in [1.54, 1.807) is 29.7 Å². The Balaban J connectivity index is 1.52. The second-order valence-corrected chi connectivity index (χ2v) is 9.38. The molecule has 0 amide bonds. The van der Waals surface area contributed by atoms with Crippen molar-refractivity contribution in [3.05, 3.63) is 56.9 Å². The Morgan fingerprint density at radius 1 is 1.27 bits per heavy atom. The SMILES string of the molecule is CCC1(O)C(=O)OCc2c1cc1n(c2=O)Cc2cc3c(CN(C)C4CC4)c(O)ccc3nc2-1. The van der Waals surface area contributed by atoms with Crippen molar-refractivity contribution in [3.63, 3.8) is 0 Å². The standard InChI is InChI=1S/C25H25N3O5/c1-3-25(32)18-9-20-22-13(10-28(20)23(30)17(18)12-33-24(25)31)8-15-16(11-27(2)14-4-5-14)21(29)7-6-19(15)26-22/h6-9,14,29,32H,3-5,10-12H2,1-2H3. The number of aromatic nitrogens is 2. The van der Waals surface area contributed by atoms with Crippen molar-refractivity contribution in [2.24, 2.45) is 0 Å². The molecule has 2 aromatic heterocycles. The molecule has 3 aromatic rings. The number of ether oxygens (including phenoxy) is 1. The molecule has 6 rings (SSSR count). The van der Waals surface area contributed by atoms with Gasteiger partial charge in [0.15, 0.2) is 5.60 Å². The number of esters is 1. The third kappa shape index (κ3) is 2.87. The number of aromatic hydroxyl groups is 1. The van der Waals surface area contributed by atoms with Crippen LogP contribution in [0.2, 0.25) is 0 Å². The summed E-state index contributed by atoms with van der Waals surface area (Å²) in [5, 5.41) is 22.5. The van der Waals surface area contributed by atoms with Gasteiger partial charge in [0.2, 0.25) is 0 Å². The van der Waals surface area contributed by atoms with Crippen LogP contribution in [0.5, 0.6) is 5.75 Å². The highest BCUT2D eigenvalue weighted by atomic mass is 16.6. The van der Waals surface area contributed by atoms with Crippen molar-refractivity contribution < 1.29 is 19.7 Å². The molecule has 33 heavy (non-hydrogen) atoms. The molecule has 2 N–H and O–H groups in total. The molecule has 3 aliphatic rings. The van der Waals surface area contributed by atoms with Gasteiger partial charge in [-0.3, -0.25) is 9.69 Å². The summed E-state index contributed by atoms with van der Waals surface area (Å²) >= 11 is 0. The fourth-order valence-electron chi connectivity index (χ4n) is 5.16. The Morgan fingerprint density at radius 2 is 2.06 bits per heavy atom. The van der Waals surface area contributed by atoms with Crippen molar-refractivity contribution in [1.29, 1.82) is 0 Å². The van der Waals surface area contributed by atoms with Crippen molar-refractivity contribution in [2.45, 2.75) is 57.5 Å². The minimum absolute atomic E-state index is 0.108. The Morgan fingerprint density at radius 3 is 2.79 bits per heavy atom. The lowest BCUT2D eigenvalue weighted by Gasteiger charge is -2.31. The highest BCUT2D eigenvalue weighted by Gasteiger charge is 2.45. The van der Waals surface area contributed by atoms with E-state index in [1.165, 1.54) is 12.8 Å². The first-order valence-electron chi connectivity index (χ1n) is 11.3. The first-order valence-corrected chi connectivity index (χ1v) is 11.3. The number of hydrogen-bond donors (Lipinski definition) is 2. The molecule has 4 heterocycles. The largest absolute Gasteiger partial charge is 0.508 e. The summed E-state index contributed by atoms with van der Waals surface area (Å²) in [5.41, 5.74) is 2.18. The average Bonchev–Trinajstić information content (AvgIpc) is 3.60. The Hall–Kier alpha value is -3.23. The van der Waals surface area contributed by atoms with Gasteiger partial charge in [-0.15, -0.1) is 0 Å². The molecule has 1 aromatic carbocycles. The van der Waals surface area contributed by atoms with Gasteiger partial charge in [0.1, 0.15) is 12.4 Å². The summed E-state index contributed by atoms with van der Waals surface area (Å²) in [6.07, 6.45) is 2.46. The van der Waals surface area contributed by atoms with Gasteiger partial charge in [0, 0.05) is 34.7 Å². The molecule has 0 spiro atoms. The monoisotopic (exact) mass is 447 g/mol. The van der Waals surface area contributed by atoms with E-state index in [-0.39, 0.29) is 24.3 Å². The van der Waals surface area contributed by atoms with Crippen molar-refractivity contribution in [1.82, 2.24) is 14.5 Å². The van der Waals surface area contributed by atoms with Crippen molar-refractivity contribution in [3.8, 4) is 17.1 Å². The lowest BCUT2D eigenvalue weighted by Crippen LogP contribution is -2.44. The second kappa shape index (κ2) is 6.88. The maximum Gasteiger partial charge on any atom is 0.343 e. The van der Waals surface area contributed by atoms with Crippen LogP contribution in [-0.4, -0.2) is 43.7 Å². The van der Waals surface area contributed by atoms with E-state index in [1.807, 2.05) is 6.07 Å². The molecule has 170 valence electrons. The van der Waals surface area contributed by atoms with E-state index in [0.717, 1.165) is 22.0 Å². The highest BCUT2D eigenvalue weighted by Crippen LogP contribution is 2.40. The van der Waals surface area contributed by atoms with Crippen LogP contribution < -0.4 is 5.56 Å². The number of aliphatic hydroxyl groups is 1. The van der Waals surface area contributed by atoms with Gasteiger partial charge in [-0.05, 0) is 50.6 Å². The molecule has 1 atom stereocenters. The quantitative estimate of drug-likeness (QED) is 0.463. The molecule has 2 aliphatic heterocycles. The number of fused-ring (bicyclic) bond motifs is 5. The van der Waals surface area contributed by atoms with Crippen LogP contribution in [0.15, 0.2) is 29.1 Å². The third-order valence-electron chi connectivity index (χ3n) is 7.36. The van der Waals surface area contributed by atoms with Gasteiger partial charge in [-0.25, -0.2) is 9.78 Å². The first-order chi connectivity index (χ1) is 15.8. The fourth-order valence-corrected chi connectivity index (χ4v) is 5.16. The third-order valence-corrected chi connectivity index (χ3v) is 7.36. The number of cyclic esters (lactones) is 1. The number of phenolic OH excluding ortho intramolecular Hbond substituents is 1. The zero-order chi connectivity index (χ0) is 23.1. The van der Waals surface area contributed by atoms with E-state index in [9.17, 15) is 19.8 Å². The van der Waals surface area contributed by atoms with Gasteiger partial charge < -0.3 is 19.5 Å². The first kappa shape index (κ1) is 20.4. The molecule has 0 bridgehead atoms. The average molecular weight is 447 g/mol. The summed E-state index contributed by atoms with van der Waals surface area (Å²) in [6, 6.07) is 7.72. The van der Waals surface area contributed by atoms with Crippen LogP contribution in [0.4, 0.5) is 0 Å². The molecule has 0 radical (unpaired) electrons. The number of carbonyl (C=O) groups is 1. The Labute approximate surface area is 190 Å². The smallest absolute Gasteiger partial charge is 0.343 e. The van der Waals surface area contributed by atoms with Crippen LogP contribution in [0, 0.1) is 0 Å². The summed E-state index contributed by atoms with van der Waals surface area (Å²) < 4.78 is 6.76. The van der Waals surface area contributed by atoms with E-state index in [4.69, 9.17) is 9.72 Å². The number of carbonyl (C=O) groups excluding carboxylic acids is 1. The van der Waals surface area contributed by atoms with Gasteiger partial charge in [-0.1, -0.05) is 6.92 Å². The van der Waals surface area contributed by atoms with Gasteiger partial charge in [-0.2, -0.15) is 0 Å². The van der Waals surface area contributed by atoms with Crippen LogP contribution >= 0.6 is 0 Å². The lowest BCUT2D eigenvalue weighted by molar-refractivity contribution is -0.172. The van der Waals surface area contributed by atoms with Crippen LogP contribution in [0.1, 0.15) is 48.4 Å². The number of pyridine rings is 2. The molecule has 1 unspecified atom stereocenters. The number of rotatable bonds is 4. The molecule has 1 aliphatic carbocycles. The summed E-state index contributed by atoms with van der Waals surface area (Å²) in [4.78, 5) is 32.7. The van der Waals surface area contributed by atoms with Crippen molar-refractivity contribution >= 4 is 16.9 Å². The number of hydrogen-bond acceptors (Lipinski definition) is 7.